The highest BCUT2D eigenvalue weighted by molar-refractivity contribution is 5.82. The third-order valence-electron chi connectivity index (χ3n) is 8.22. The SMILES string of the molecule is C=CC=O.CN1CCC(c2ccc(-n3c(-c4cccnc4N)nc4ccc(C5CC5)nc43)cn2)C1.CN1CCN(C=O)CC1. The molecule has 1 amide bonds. The standard InChI is InChI=1S/C24H25N7.C6H12N2O.C3H4O/c1-30-12-10-16(14-30)19-7-6-17(13-27-19)31-23(18-3-2-11-26-22(18)25)29-21-9-8-20(15-4-5-15)28-24(21)31;1-7-2-4-8(6-9)5-3-7;1-2-3-4/h2-3,6-9,11,13,15-16H,4-5,10,12,14H2,1H3,(H2,25,26);6H,2-5H2,1H3;2-3H,1H2. The maximum Gasteiger partial charge on any atom is 0.209 e. The van der Waals surface area contributed by atoms with Crippen molar-refractivity contribution in [3.05, 3.63) is 72.8 Å². The van der Waals surface area contributed by atoms with Crippen LogP contribution in [-0.4, -0.2) is 105 Å². The lowest BCUT2D eigenvalue weighted by Crippen LogP contribution is -2.43. The number of rotatable bonds is 6. The molecule has 3 fully saturated rings. The molecular formula is C33H41N9O2. The third kappa shape index (κ3) is 7.35. The molecule has 2 aliphatic heterocycles. The number of likely N-dealkylation sites (tertiary alicyclic amines) is 1. The second kappa shape index (κ2) is 14.3. The highest BCUT2D eigenvalue weighted by Gasteiger charge is 2.27. The lowest BCUT2D eigenvalue weighted by molar-refractivity contribution is -0.119. The van der Waals surface area contributed by atoms with Crippen molar-refractivity contribution in [3.63, 3.8) is 0 Å². The second-order valence-corrected chi connectivity index (χ2v) is 11.6. The lowest BCUT2D eigenvalue weighted by Gasteiger charge is -2.29. The Kier molecular flexibility index (Phi) is 10.1. The van der Waals surface area contributed by atoms with Crippen LogP contribution >= 0.6 is 0 Å². The Morgan fingerprint density at radius 2 is 1.61 bits per heavy atom. The van der Waals surface area contributed by atoms with E-state index in [0.29, 0.717) is 23.9 Å². The fourth-order valence-corrected chi connectivity index (χ4v) is 5.49. The van der Waals surface area contributed by atoms with Gasteiger partial charge in [-0.3, -0.25) is 19.1 Å². The van der Waals surface area contributed by atoms with Crippen LogP contribution in [0.4, 0.5) is 5.82 Å². The summed E-state index contributed by atoms with van der Waals surface area (Å²) in [5, 5.41) is 0. The number of hydrogen-bond donors (Lipinski definition) is 1. The highest BCUT2D eigenvalue weighted by Crippen LogP contribution is 2.40. The van der Waals surface area contributed by atoms with Crippen molar-refractivity contribution in [2.45, 2.75) is 31.1 Å². The van der Waals surface area contributed by atoms with Crippen molar-refractivity contribution in [2.75, 3.05) is 59.1 Å². The molecule has 2 saturated heterocycles. The number of likely N-dealkylation sites (N-methyl/N-ethyl adjacent to an activating group) is 2. The molecule has 0 radical (unpaired) electrons. The number of nitrogen functional groups attached to an aromatic ring is 1. The predicted molar refractivity (Wildman–Crippen MR) is 173 cm³/mol. The minimum atomic E-state index is 0.458. The highest BCUT2D eigenvalue weighted by atomic mass is 16.1. The fraction of sp³-hybridized carbons (Fsp3) is 0.394. The molecule has 11 heteroatoms. The average Bonchev–Trinajstić information content (AvgIpc) is 3.71. The Labute approximate surface area is 258 Å². The van der Waals surface area contributed by atoms with Crippen LogP contribution < -0.4 is 5.73 Å². The van der Waals surface area contributed by atoms with Gasteiger partial charge in [0.1, 0.15) is 17.6 Å². The van der Waals surface area contributed by atoms with Gasteiger partial charge < -0.3 is 20.4 Å². The van der Waals surface area contributed by atoms with Gasteiger partial charge in [0.05, 0.1) is 17.4 Å². The number of piperazine rings is 1. The third-order valence-corrected chi connectivity index (χ3v) is 8.22. The van der Waals surface area contributed by atoms with E-state index in [1.807, 2.05) is 18.3 Å². The zero-order valence-corrected chi connectivity index (χ0v) is 25.5. The topological polar surface area (TPSA) is 126 Å². The summed E-state index contributed by atoms with van der Waals surface area (Å²) in [6.45, 7) is 9.10. The minimum Gasteiger partial charge on any atom is -0.383 e. The van der Waals surface area contributed by atoms with Crippen molar-refractivity contribution in [3.8, 4) is 17.1 Å². The number of imidazole rings is 1. The zero-order valence-electron chi connectivity index (χ0n) is 25.5. The summed E-state index contributed by atoms with van der Waals surface area (Å²) in [6.07, 6.45) is 9.97. The van der Waals surface area contributed by atoms with E-state index in [1.165, 1.54) is 18.9 Å². The van der Waals surface area contributed by atoms with Gasteiger partial charge in [0, 0.05) is 62.1 Å². The number of fused-ring (bicyclic) bond motifs is 1. The Morgan fingerprint density at radius 1 is 0.864 bits per heavy atom. The van der Waals surface area contributed by atoms with E-state index in [4.69, 9.17) is 25.5 Å². The molecule has 44 heavy (non-hydrogen) atoms. The summed E-state index contributed by atoms with van der Waals surface area (Å²) in [5.41, 5.74) is 11.9. The molecular weight excluding hydrogens is 554 g/mol. The van der Waals surface area contributed by atoms with Gasteiger partial charge in [0.25, 0.3) is 0 Å². The number of nitrogens with two attached hydrogens (primary N) is 1. The van der Waals surface area contributed by atoms with Crippen LogP contribution in [0.3, 0.4) is 0 Å². The number of pyridine rings is 3. The van der Waals surface area contributed by atoms with Crippen LogP contribution in [0, 0.1) is 0 Å². The van der Waals surface area contributed by atoms with Crippen LogP contribution in [0.15, 0.2) is 61.4 Å². The summed E-state index contributed by atoms with van der Waals surface area (Å²) in [5.74, 6) is 2.27. The maximum atomic E-state index is 10.2. The molecule has 0 aromatic carbocycles. The number of carbonyl (C=O) groups is 2. The van der Waals surface area contributed by atoms with E-state index in [0.717, 1.165) is 91.7 Å². The molecule has 2 N–H and O–H groups in total. The molecule has 1 saturated carbocycles. The molecule has 1 unspecified atom stereocenters. The first-order valence-electron chi connectivity index (χ1n) is 15.1. The molecule has 3 aliphatic rings. The molecule has 7 rings (SSSR count). The van der Waals surface area contributed by atoms with Crippen molar-refractivity contribution in [1.82, 2.24) is 39.2 Å². The largest absolute Gasteiger partial charge is 0.383 e. The first-order chi connectivity index (χ1) is 21.4. The van der Waals surface area contributed by atoms with Gasteiger partial charge in [-0.1, -0.05) is 6.58 Å². The predicted octanol–water partition coefficient (Wildman–Crippen LogP) is 3.52. The number of allylic oxidation sites excluding steroid dienone is 1. The van der Waals surface area contributed by atoms with Crippen LogP contribution in [0.5, 0.6) is 0 Å². The number of aromatic nitrogens is 5. The van der Waals surface area contributed by atoms with Gasteiger partial charge in [-0.25, -0.2) is 15.0 Å². The van der Waals surface area contributed by atoms with Gasteiger partial charge in [-0.15, -0.1) is 0 Å². The van der Waals surface area contributed by atoms with Gasteiger partial charge in [0.15, 0.2) is 11.5 Å². The minimum absolute atomic E-state index is 0.458. The molecule has 1 atom stereocenters. The molecule has 0 bridgehead atoms. The lowest BCUT2D eigenvalue weighted by atomic mass is 10.0. The number of anilines is 1. The summed E-state index contributed by atoms with van der Waals surface area (Å²) < 4.78 is 2.08. The van der Waals surface area contributed by atoms with E-state index in [1.54, 1.807) is 11.1 Å². The number of nitrogens with zero attached hydrogens (tertiary/aromatic N) is 8. The number of carbonyl (C=O) groups excluding carboxylic acids is 2. The first-order valence-corrected chi connectivity index (χ1v) is 15.1. The van der Waals surface area contributed by atoms with Gasteiger partial charge in [-0.2, -0.15) is 0 Å². The summed E-state index contributed by atoms with van der Waals surface area (Å²) >= 11 is 0. The molecule has 1 aliphatic carbocycles. The van der Waals surface area contributed by atoms with E-state index < -0.39 is 0 Å². The van der Waals surface area contributed by atoms with Crippen molar-refractivity contribution in [1.29, 1.82) is 0 Å². The van der Waals surface area contributed by atoms with Crippen LogP contribution in [0.1, 0.15) is 42.5 Å². The maximum absolute atomic E-state index is 10.2. The van der Waals surface area contributed by atoms with Crippen molar-refractivity contribution < 1.29 is 9.59 Å². The van der Waals surface area contributed by atoms with Gasteiger partial charge in [-0.05, 0) is 82.4 Å². The molecule has 0 spiro atoms. The smallest absolute Gasteiger partial charge is 0.209 e. The van der Waals surface area contributed by atoms with Gasteiger partial charge >= 0.3 is 0 Å². The molecule has 4 aromatic heterocycles. The molecule has 230 valence electrons. The van der Waals surface area contributed by atoms with Crippen LogP contribution in [0.25, 0.3) is 28.2 Å². The Hall–Kier alpha value is -4.48. The van der Waals surface area contributed by atoms with E-state index >= 15 is 0 Å². The van der Waals surface area contributed by atoms with Crippen molar-refractivity contribution >= 4 is 29.7 Å². The van der Waals surface area contributed by atoms with E-state index in [9.17, 15) is 4.79 Å². The number of amides is 1. The Morgan fingerprint density at radius 3 is 2.20 bits per heavy atom. The number of hydrogen-bond acceptors (Lipinski definition) is 9. The summed E-state index contributed by atoms with van der Waals surface area (Å²) in [7, 11) is 4.24. The zero-order chi connectivity index (χ0) is 31.1. The Bertz CT molecular complexity index is 1570. The molecule has 4 aromatic rings. The fourth-order valence-electron chi connectivity index (χ4n) is 5.49. The van der Waals surface area contributed by atoms with E-state index in [2.05, 4.69) is 64.3 Å². The first kappa shape index (κ1) is 31.0. The second-order valence-electron chi connectivity index (χ2n) is 11.6. The van der Waals surface area contributed by atoms with E-state index in [-0.39, 0.29) is 0 Å². The quantitative estimate of drug-likeness (QED) is 0.263. The average molecular weight is 596 g/mol. The number of aldehydes is 1. The summed E-state index contributed by atoms with van der Waals surface area (Å²) in [4.78, 5) is 44.6. The van der Waals surface area contributed by atoms with Crippen LogP contribution in [0.2, 0.25) is 0 Å². The monoisotopic (exact) mass is 595 g/mol. The van der Waals surface area contributed by atoms with Crippen molar-refractivity contribution in [2.24, 2.45) is 0 Å². The molecule has 11 nitrogen and oxygen atoms in total. The molecule has 6 heterocycles. The van der Waals surface area contributed by atoms with Gasteiger partial charge in [0.2, 0.25) is 6.41 Å². The normalized spacial score (nSPS) is 18.6. The van der Waals surface area contributed by atoms with Crippen LogP contribution in [-0.2, 0) is 9.59 Å². The Balaban J connectivity index is 0.000000248. The summed E-state index contributed by atoms with van der Waals surface area (Å²) in [6, 6.07) is 12.3.